The Kier molecular flexibility index (Phi) is 4.78. The van der Waals surface area contributed by atoms with Crippen LogP contribution in [0.5, 0.6) is 0 Å². The fraction of sp³-hybridized carbons (Fsp3) is 0.857. The van der Waals surface area contributed by atoms with Crippen molar-refractivity contribution < 1.29 is 9.53 Å². The first kappa shape index (κ1) is 14.3. The number of rotatable bonds is 3. The second-order valence-corrected chi connectivity index (χ2v) is 5.51. The van der Waals surface area contributed by atoms with Crippen LogP contribution >= 0.6 is 0 Å². The van der Waals surface area contributed by atoms with Crippen LogP contribution in [0, 0.1) is 16.7 Å². The monoisotopic (exact) mass is 265 g/mol. The zero-order valence-corrected chi connectivity index (χ0v) is 11.7. The van der Waals surface area contributed by atoms with Crippen LogP contribution in [0.3, 0.4) is 0 Å². The summed E-state index contributed by atoms with van der Waals surface area (Å²) in [5.74, 6) is -0.0961. The van der Waals surface area contributed by atoms with Gasteiger partial charge in [0, 0.05) is 25.8 Å². The summed E-state index contributed by atoms with van der Waals surface area (Å²) in [6.45, 7) is 6.18. The van der Waals surface area contributed by atoms with E-state index in [1.165, 1.54) is 0 Å². The van der Waals surface area contributed by atoms with E-state index in [1.807, 2.05) is 0 Å². The predicted octanol–water partition coefficient (Wildman–Crippen LogP) is 0.907. The Morgan fingerprint density at radius 1 is 1.53 bits per heavy atom. The number of amides is 1. The van der Waals surface area contributed by atoms with Crippen LogP contribution in [-0.2, 0) is 9.53 Å². The van der Waals surface area contributed by atoms with Crippen molar-refractivity contribution in [1.29, 1.82) is 5.26 Å². The van der Waals surface area contributed by atoms with E-state index in [9.17, 15) is 10.1 Å². The quantitative estimate of drug-likeness (QED) is 0.823. The van der Waals surface area contributed by atoms with Gasteiger partial charge >= 0.3 is 0 Å². The molecule has 2 saturated heterocycles. The summed E-state index contributed by atoms with van der Waals surface area (Å²) < 4.78 is 5.26. The lowest BCUT2D eigenvalue weighted by Gasteiger charge is -2.35. The molecule has 0 bridgehead atoms. The molecule has 0 radical (unpaired) electrons. The molecule has 5 nitrogen and oxygen atoms in total. The normalized spacial score (nSPS) is 27.5. The number of hydrogen-bond donors (Lipinski definition) is 1. The molecule has 2 heterocycles. The Morgan fingerprint density at radius 2 is 2.26 bits per heavy atom. The molecule has 0 aliphatic carbocycles. The molecular formula is C14H23N3O2. The first-order chi connectivity index (χ1) is 9.20. The standard InChI is InChI=1S/C14H23N3O2/c1-2-17-7-3-4-12(10-17)16-13(18)14(11-15)5-8-19-9-6-14/h12H,2-10H2,1H3,(H,16,18). The molecule has 19 heavy (non-hydrogen) atoms. The number of nitriles is 1. The highest BCUT2D eigenvalue weighted by molar-refractivity contribution is 5.85. The zero-order chi connectivity index (χ0) is 13.7. The first-order valence-electron chi connectivity index (χ1n) is 7.22. The van der Waals surface area contributed by atoms with Crippen LogP contribution in [0.2, 0.25) is 0 Å². The third-order valence-corrected chi connectivity index (χ3v) is 4.28. The minimum absolute atomic E-state index is 0.0961. The van der Waals surface area contributed by atoms with Gasteiger partial charge in [-0.25, -0.2) is 0 Å². The van der Waals surface area contributed by atoms with E-state index < -0.39 is 5.41 Å². The molecule has 2 aliphatic rings. The summed E-state index contributed by atoms with van der Waals surface area (Å²) in [5.41, 5.74) is -0.868. The summed E-state index contributed by atoms with van der Waals surface area (Å²) in [6, 6.07) is 2.42. The number of likely N-dealkylation sites (tertiary alicyclic amines) is 1. The highest BCUT2D eigenvalue weighted by atomic mass is 16.5. The van der Waals surface area contributed by atoms with E-state index in [2.05, 4.69) is 23.2 Å². The Labute approximate surface area is 114 Å². The molecule has 1 atom stereocenters. The van der Waals surface area contributed by atoms with Gasteiger partial charge in [0.15, 0.2) is 0 Å². The van der Waals surface area contributed by atoms with E-state index >= 15 is 0 Å². The van der Waals surface area contributed by atoms with Crippen LogP contribution in [0.25, 0.3) is 0 Å². The SMILES string of the molecule is CCN1CCCC(NC(=O)C2(C#N)CCOCC2)C1. The number of nitrogens with one attached hydrogen (secondary N) is 1. The Balaban J connectivity index is 1.94. The van der Waals surface area contributed by atoms with Crippen molar-refractivity contribution in [2.45, 2.75) is 38.6 Å². The first-order valence-corrected chi connectivity index (χ1v) is 7.22. The average molecular weight is 265 g/mol. The summed E-state index contributed by atoms with van der Waals surface area (Å²) >= 11 is 0. The van der Waals surface area contributed by atoms with Crippen LogP contribution in [-0.4, -0.2) is 49.7 Å². The van der Waals surface area contributed by atoms with Gasteiger partial charge in [-0.1, -0.05) is 6.92 Å². The van der Waals surface area contributed by atoms with Crippen LogP contribution in [0.15, 0.2) is 0 Å². The van der Waals surface area contributed by atoms with Crippen molar-refractivity contribution in [3.8, 4) is 6.07 Å². The summed E-state index contributed by atoms with van der Waals surface area (Å²) in [5, 5.41) is 12.4. The van der Waals surface area contributed by atoms with Gasteiger partial charge in [-0.15, -0.1) is 0 Å². The van der Waals surface area contributed by atoms with Gasteiger partial charge in [0.2, 0.25) is 5.91 Å². The number of carbonyl (C=O) groups is 1. The van der Waals surface area contributed by atoms with Crippen molar-refractivity contribution in [3.05, 3.63) is 0 Å². The van der Waals surface area contributed by atoms with Crippen molar-refractivity contribution in [2.75, 3.05) is 32.8 Å². The fourth-order valence-corrected chi connectivity index (χ4v) is 2.89. The molecule has 2 fully saturated rings. The number of likely N-dealkylation sites (N-methyl/N-ethyl adjacent to an activating group) is 1. The third-order valence-electron chi connectivity index (χ3n) is 4.28. The summed E-state index contributed by atoms with van der Waals surface area (Å²) in [7, 11) is 0. The largest absolute Gasteiger partial charge is 0.381 e. The van der Waals surface area contributed by atoms with Crippen molar-refractivity contribution >= 4 is 5.91 Å². The number of hydrogen-bond acceptors (Lipinski definition) is 4. The van der Waals surface area contributed by atoms with Crippen molar-refractivity contribution in [1.82, 2.24) is 10.2 Å². The summed E-state index contributed by atoms with van der Waals surface area (Å²) in [6.07, 6.45) is 3.15. The van der Waals surface area contributed by atoms with Gasteiger partial charge in [-0.2, -0.15) is 5.26 Å². The molecule has 1 amide bonds. The molecule has 1 unspecified atom stereocenters. The van der Waals surface area contributed by atoms with E-state index in [0.717, 1.165) is 32.5 Å². The Hall–Kier alpha value is -1.12. The topological polar surface area (TPSA) is 65.4 Å². The van der Waals surface area contributed by atoms with E-state index in [1.54, 1.807) is 0 Å². The molecule has 0 aromatic heterocycles. The zero-order valence-electron chi connectivity index (χ0n) is 11.7. The van der Waals surface area contributed by atoms with Gasteiger partial charge in [0.05, 0.1) is 6.07 Å². The number of ether oxygens (including phenoxy) is 1. The maximum absolute atomic E-state index is 12.4. The van der Waals surface area contributed by atoms with Gasteiger partial charge in [-0.3, -0.25) is 4.79 Å². The average Bonchev–Trinajstić information content (AvgIpc) is 2.48. The number of nitrogens with zero attached hydrogens (tertiary/aromatic N) is 2. The van der Waals surface area contributed by atoms with Gasteiger partial charge in [0.25, 0.3) is 0 Å². The van der Waals surface area contributed by atoms with Gasteiger partial charge in [0.1, 0.15) is 5.41 Å². The minimum Gasteiger partial charge on any atom is -0.381 e. The van der Waals surface area contributed by atoms with E-state index in [-0.39, 0.29) is 11.9 Å². The molecule has 2 rings (SSSR count). The van der Waals surface area contributed by atoms with E-state index in [4.69, 9.17) is 4.74 Å². The molecule has 106 valence electrons. The van der Waals surface area contributed by atoms with Crippen LogP contribution in [0.4, 0.5) is 0 Å². The Morgan fingerprint density at radius 3 is 2.89 bits per heavy atom. The molecular weight excluding hydrogens is 242 g/mol. The van der Waals surface area contributed by atoms with Crippen LogP contribution < -0.4 is 5.32 Å². The summed E-state index contributed by atoms with van der Waals surface area (Å²) in [4.78, 5) is 14.8. The maximum Gasteiger partial charge on any atom is 0.240 e. The number of carbonyl (C=O) groups excluding carboxylic acids is 1. The smallest absolute Gasteiger partial charge is 0.240 e. The fourth-order valence-electron chi connectivity index (χ4n) is 2.89. The highest BCUT2D eigenvalue weighted by Gasteiger charge is 2.41. The van der Waals surface area contributed by atoms with Crippen molar-refractivity contribution in [3.63, 3.8) is 0 Å². The molecule has 0 spiro atoms. The molecule has 0 aromatic rings. The maximum atomic E-state index is 12.4. The second-order valence-electron chi connectivity index (χ2n) is 5.51. The third kappa shape index (κ3) is 3.26. The molecule has 0 saturated carbocycles. The molecule has 2 aliphatic heterocycles. The predicted molar refractivity (Wildman–Crippen MR) is 71.4 cm³/mol. The van der Waals surface area contributed by atoms with E-state index in [0.29, 0.717) is 26.1 Å². The highest BCUT2D eigenvalue weighted by Crippen LogP contribution is 2.30. The van der Waals surface area contributed by atoms with Gasteiger partial charge < -0.3 is 15.0 Å². The second kappa shape index (κ2) is 6.36. The lowest BCUT2D eigenvalue weighted by atomic mass is 9.80. The molecule has 5 heteroatoms. The number of piperidine rings is 1. The lowest BCUT2D eigenvalue weighted by molar-refractivity contribution is -0.133. The lowest BCUT2D eigenvalue weighted by Crippen LogP contribution is -2.52. The Bertz CT molecular complexity index is 358. The van der Waals surface area contributed by atoms with Gasteiger partial charge in [-0.05, 0) is 38.8 Å². The molecule has 1 N–H and O–H groups in total. The minimum atomic E-state index is -0.868. The van der Waals surface area contributed by atoms with Crippen molar-refractivity contribution in [2.24, 2.45) is 5.41 Å². The molecule has 0 aromatic carbocycles. The van der Waals surface area contributed by atoms with Crippen LogP contribution in [0.1, 0.15) is 32.6 Å².